The maximum absolute atomic E-state index is 7.98. The van der Waals surface area contributed by atoms with Gasteiger partial charge in [-0.3, -0.25) is 10.7 Å². The first-order valence-electron chi connectivity index (χ1n) is 2.24. The molecule has 0 amide bonds. The molecule has 0 rings (SSSR count). The first kappa shape index (κ1) is 7.59. The summed E-state index contributed by atoms with van der Waals surface area (Å²) >= 11 is 3.92. The summed E-state index contributed by atoms with van der Waals surface area (Å²) in [5.41, 5.74) is 1.87. The molecule has 2 N–H and O–H groups in total. The summed E-state index contributed by atoms with van der Waals surface area (Å²) in [6.45, 7) is 0. The summed E-state index contributed by atoms with van der Waals surface area (Å²) in [4.78, 5) is 0. The van der Waals surface area contributed by atoms with E-state index in [2.05, 4.69) is 12.6 Å². The van der Waals surface area contributed by atoms with Gasteiger partial charge in [0.25, 0.3) is 0 Å². The molecular formula is C5H9NOS. The van der Waals surface area contributed by atoms with Gasteiger partial charge in [0.2, 0.25) is 0 Å². The van der Waals surface area contributed by atoms with Crippen molar-refractivity contribution in [1.82, 2.24) is 5.48 Å². The first-order valence-corrected chi connectivity index (χ1v) is 2.87. The standard InChI is InChI=1S/C5H9NOS/c7-6-4-2-1-3-5-8/h1-4,6-8H,5H2/b3-1-,4-2-. The lowest BCUT2D eigenvalue weighted by atomic mass is 10.5. The van der Waals surface area contributed by atoms with E-state index in [0.717, 1.165) is 5.75 Å². The molecule has 0 aromatic rings. The van der Waals surface area contributed by atoms with Crippen LogP contribution in [0.4, 0.5) is 0 Å². The van der Waals surface area contributed by atoms with E-state index >= 15 is 0 Å². The van der Waals surface area contributed by atoms with Gasteiger partial charge in [0, 0.05) is 12.0 Å². The Bertz CT molecular complexity index is 78.4. The average molecular weight is 131 g/mol. The van der Waals surface area contributed by atoms with Crippen LogP contribution in [0.25, 0.3) is 0 Å². The lowest BCUT2D eigenvalue weighted by molar-refractivity contribution is 0.214. The number of hydrogen-bond acceptors (Lipinski definition) is 3. The molecule has 0 unspecified atom stereocenters. The summed E-state index contributed by atoms with van der Waals surface area (Å²) in [6, 6.07) is 0. The average Bonchev–Trinajstić information content (AvgIpc) is 1.81. The highest BCUT2D eigenvalue weighted by molar-refractivity contribution is 7.80. The maximum atomic E-state index is 7.98. The van der Waals surface area contributed by atoms with Crippen molar-refractivity contribution in [1.29, 1.82) is 0 Å². The Morgan fingerprint density at radius 2 is 2.25 bits per heavy atom. The third-order valence-corrected chi connectivity index (χ3v) is 0.734. The summed E-state index contributed by atoms with van der Waals surface area (Å²) in [6.07, 6.45) is 6.74. The Labute approximate surface area is 54.3 Å². The first-order chi connectivity index (χ1) is 3.91. The molecule has 3 heteroatoms. The molecule has 0 aliphatic heterocycles. The van der Waals surface area contributed by atoms with E-state index in [1.54, 1.807) is 12.2 Å². The molecule has 0 bridgehead atoms. The summed E-state index contributed by atoms with van der Waals surface area (Å²) < 4.78 is 0. The van der Waals surface area contributed by atoms with Crippen molar-refractivity contribution in [3.63, 3.8) is 0 Å². The number of rotatable bonds is 3. The largest absolute Gasteiger partial charge is 0.292 e. The van der Waals surface area contributed by atoms with E-state index < -0.39 is 0 Å². The van der Waals surface area contributed by atoms with Gasteiger partial charge in [-0.15, -0.1) is 0 Å². The van der Waals surface area contributed by atoms with Gasteiger partial charge >= 0.3 is 0 Å². The summed E-state index contributed by atoms with van der Waals surface area (Å²) in [5, 5.41) is 7.98. The van der Waals surface area contributed by atoms with Crippen LogP contribution in [-0.2, 0) is 0 Å². The molecule has 0 saturated carbocycles. The Morgan fingerprint density at radius 3 is 2.75 bits per heavy atom. The molecule has 46 valence electrons. The zero-order valence-corrected chi connectivity index (χ0v) is 5.31. The van der Waals surface area contributed by atoms with Crippen molar-refractivity contribution in [3.05, 3.63) is 24.4 Å². The van der Waals surface area contributed by atoms with Gasteiger partial charge < -0.3 is 0 Å². The molecular weight excluding hydrogens is 122 g/mol. The number of allylic oxidation sites excluding steroid dienone is 2. The predicted molar refractivity (Wildman–Crippen MR) is 37.1 cm³/mol. The SMILES string of the molecule is ON/C=C\C=C/CS. The van der Waals surface area contributed by atoms with Gasteiger partial charge in [0.15, 0.2) is 0 Å². The van der Waals surface area contributed by atoms with E-state index in [9.17, 15) is 0 Å². The fraction of sp³-hybridized carbons (Fsp3) is 0.200. The van der Waals surface area contributed by atoms with E-state index in [4.69, 9.17) is 5.21 Å². The van der Waals surface area contributed by atoms with Crippen LogP contribution in [0.15, 0.2) is 24.4 Å². The number of hydroxylamine groups is 1. The molecule has 0 radical (unpaired) electrons. The Hall–Kier alpha value is -0.410. The van der Waals surface area contributed by atoms with Crippen LogP contribution < -0.4 is 5.48 Å². The van der Waals surface area contributed by atoms with Gasteiger partial charge in [0.1, 0.15) is 0 Å². The zero-order chi connectivity index (χ0) is 6.24. The second-order valence-electron chi connectivity index (χ2n) is 1.10. The van der Waals surface area contributed by atoms with E-state index in [-0.39, 0.29) is 0 Å². The minimum absolute atomic E-state index is 0.718. The topological polar surface area (TPSA) is 32.3 Å². The second kappa shape index (κ2) is 6.59. The monoisotopic (exact) mass is 131 g/mol. The van der Waals surface area contributed by atoms with Gasteiger partial charge in [-0.25, -0.2) is 0 Å². The lowest BCUT2D eigenvalue weighted by Crippen LogP contribution is -1.91. The van der Waals surface area contributed by atoms with Crippen molar-refractivity contribution in [2.24, 2.45) is 0 Å². The fourth-order valence-corrected chi connectivity index (χ4v) is 0.360. The fourth-order valence-electron chi connectivity index (χ4n) is 0.238. The minimum Gasteiger partial charge on any atom is -0.292 e. The van der Waals surface area contributed by atoms with Crippen LogP contribution in [0.1, 0.15) is 0 Å². The Morgan fingerprint density at radius 1 is 1.50 bits per heavy atom. The minimum atomic E-state index is 0.718. The molecule has 0 spiro atoms. The van der Waals surface area contributed by atoms with Crippen molar-refractivity contribution < 1.29 is 5.21 Å². The molecule has 0 heterocycles. The summed E-state index contributed by atoms with van der Waals surface area (Å²) in [5.74, 6) is 0.718. The van der Waals surface area contributed by atoms with Gasteiger partial charge in [0.05, 0.1) is 0 Å². The molecule has 0 fully saturated rings. The Balaban J connectivity index is 3.13. The highest BCUT2D eigenvalue weighted by Crippen LogP contribution is 1.77. The molecule has 0 atom stereocenters. The summed E-state index contributed by atoms with van der Waals surface area (Å²) in [7, 11) is 0. The lowest BCUT2D eigenvalue weighted by Gasteiger charge is -1.78. The highest BCUT2D eigenvalue weighted by atomic mass is 32.1. The molecule has 0 aliphatic carbocycles. The van der Waals surface area contributed by atoms with E-state index in [1.807, 2.05) is 11.6 Å². The van der Waals surface area contributed by atoms with Crippen molar-refractivity contribution in [3.8, 4) is 0 Å². The number of hydrogen-bond donors (Lipinski definition) is 3. The third kappa shape index (κ3) is 5.59. The normalized spacial score (nSPS) is 11.2. The molecule has 0 aromatic carbocycles. The number of thiol groups is 1. The number of nitrogens with one attached hydrogen (secondary N) is 1. The quantitative estimate of drug-likeness (QED) is 0.303. The van der Waals surface area contributed by atoms with Crippen LogP contribution in [0, 0.1) is 0 Å². The molecule has 8 heavy (non-hydrogen) atoms. The van der Waals surface area contributed by atoms with Gasteiger partial charge in [-0.1, -0.05) is 12.2 Å². The molecule has 0 aliphatic rings. The van der Waals surface area contributed by atoms with Gasteiger partial charge in [-0.05, 0) is 6.08 Å². The predicted octanol–water partition coefficient (Wildman–Crippen LogP) is 0.965. The van der Waals surface area contributed by atoms with Gasteiger partial charge in [-0.2, -0.15) is 12.6 Å². The molecule has 2 nitrogen and oxygen atoms in total. The van der Waals surface area contributed by atoms with E-state index in [1.165, 1.54) is 6.20 Å². The smallest absolute Gasteiger partial charge is 0.0240 e. The van der Waals surface area contributed by atoms with E-state index in [0.29, 0.717) is 0 Å². The van der Waals surface area contributed by atoms with Crippen LogP contribution >= 0.6 is 12.6 Å². The van der Waals surface area contributed by atoms with Crippen molar-refractivity contribution in [2.45, 2.75) is 0 Å². The Kier molecular flexibility index (Phi) is 6.25. The highest BCUT2D eigenvalue weighted by Gasteiger charge is 1.61. The van der Waals surface area contributed by atoms with Crippen LogP contribution in [0.5, 0.6) is 0 Å². The second-order valence-corrected chi connectivity index (χ2v) is 1.46. The molecule has 0 saturated heterocycles. The van der Waals surface area contributed by atoms with Crippen molar-refractivity contribution >= 4 is 12.6 Å². The third-order valence-electron chi connectivity index (χ3n) is 0.523. The van der Waals surface area contributed by atoms with Crippen LogP contribution in [0.2, 0.25) is 0 Å². The van der Waals surface area contributed by atoms with Crippen LogP contribution in [-0.4, -0.2) is 11.0 Å². The van der Waals surface area contributed by atoms with Crippen LogP contribution in [0.3, 0.4) is 0 Å². The zero-order valence-electron chi connectivity index (χ0n) is 4.41. The maximum Gasteiger partial charge on any atom is 0.0240 e. The molecule has 0 aromatic heterocycles. The van der Waals surface area contributed by atoms with Crippen molar-refractivity contribution in [2.75, 3.05) is 5.75 Å².